The molecule has 0 aromatic carbocycles. The highest BCUT2D eigenvalue weighted by Gasteiger charge is 2.25. The smallest absolute Gasteiger partial charge is 0.0563 e. The number of hydrogen-bond donors (Lipinski definition) is 1. The first-order valence-corrected chi connectivity index (χ1v) is 5.28. The molecule has 1 aromatic heterocycles. The molecule has 0 spiro atoms. The highest BCUT2D eigenvalue weighted by atomic mass is 15.3. The Bertz CT molecular complexity index is 333. The zero-order valence-electron chi connectivity index (χ0n) is 9.46. The Hall–Kier alpha value is -0.830. The van der Waals surface area contributed by atoms with Crippen LogP contribution >= 0.6 is 0 Å². The lowest BCUT2D eigenvalue weighted by molar-refractivity contribution is 0.335. The van der Waals surface area contributed by atoms with Gasteiger partial charge in [-0.15, -0.1) is 0 Å². The van der Waals surface area contributed by atoms with Crippen LogP contribution < -0.4 is 5.32 Å². The van der Waals surface area contributed by atoms with Gasteiger partial charge < -0.3 is 5.32 Å². The maximum absolute atomic E-state index is 4.50. The van der Waals surface area contributed by atoms with Crippen molar-refractivity contribution in [2.45, 2.75) is 45.7 Å². The molecule has 0 amide bonds. The molecule has 1 N–H and O–H groups in total. The van der Waals surface area contributed by atoms with Crippen molar-refractivity contribution in [3.8, 4) is 0 Å². The summed E-state index contributed by atoms with van der Waals surface area (Å²) in [5, 5.41) is 7.92. The Labute approximate surface area is 85.5 Å². The lowest BCUT2D eigenvalue weighted by atomic mass is 9.97. The number of aromatic nitrogens is 2. The predicted octanol–water partition coefficient (Wildman–Crippen LogP) is 1.84. The summed E-state index contributed by atoms with van der Waals surface area (Å²) in [6, 6.07) is 0. The van der Waals surface area contributed by atoms with Crippen LogP contribution in [-0.4, -0.2) is 16.3 Å². The molecule has 14 heavy (non-hydrogen) atoms. The molecular weight excluding hydrogens is 174 g/mol. The Morgan fingerprint density at radius 3 is 2.86 bits per heavy atom. The molecule has 1 aliphatic rings. The Balaban J connectivity index is 2.46. The second-order valence-electron chi connectivity index (χ2n) is 5.16. The summed E-state index contributed by atoms with van der Waals surface area (Å²) in [5.41, 5.74) is 2.86. The van der Waals surface area contributed by atoms with Crippen molar-refractivity contribution >= 4 is 0 Å². The second kappa shape index (κ2) is 3.09. The van der Waals surface area contributed by atoms with E-state index in [1.807, 2.05) is 6.20 Å². The van der Waals surface area contributed by atoms with Gasteiger partial charge in [0.2, 0.25) is 0 Å². The maximum Gasteiger partial charge on any atom is 0.0563 e. The number of nitrogens with zero attached hydrogens (tertiary/aromatic N) is 2. The van der Waals surface area contributed by atoms with Gasteiger partial charge in [0.1, 0.15) is 0 Å². The fourth-order valence-electron chi connectivity index (χ4n) is 2.07. The molecular formula is C11H19N3. The molecule has 0 saturated carbocycles. The van der Waals surface area contributed by atoms with Crippen molar-refractivity contribution in [3.63, 3.8) is 0 Å². The summed E-state index contributed by atoms with van der Waals surface area (Å²) in [4.78, 5) is 0. The van der Waals surface area contributed by atoms with E-state index in [2.05, 4.69) is 42.8 Å². The number of rotatable bonds is 0. The van der Waals surface area contributed by atoms with E-state index >= 15 is 0 Å². The zero-order chi connectivity index (χ0) is 10.3. The Morgan fingerprint density at radius 2 is 2.21 bits per heavy atom. The van der Waals surface area contributed by atoms with Crippen LogP contribution in [-0.2, 0) is 12.1 Å². The van der Waals surface area contributed by atoms with Crippen LogP contribution in [0.3, 0.4) is 0 Å². The molecule has 1 unspecified atom stereocenters. The Morgan fingerprint density at radius 1 is 1.50 bits per heavy atom. The lowest BCUT2D eigenvalue weighted by Crippen LogP contribution is -2.32. The van der Waals surface area contributed by atoms with Crippen LogP contribution in [0.4, 0.5) is 0 Å². The van der Waals surface area contributed by atoms with Crippen molar-refractivity contribution in [3.05, 3.63) is 17.5 Å². The quantitative estimate of drug-likeness (QED) is 0.681. The van der Waals surface area contributed by atoms with Gasteiger partial charge >= 0.3 is 0 Å². The molecule has 3 heteroatoms. The molecule has 0 saturated heterocycles. The standard InChI is InChI=1S/C11H19N3/c1-8-5-12-7-10-9(8)6-13-14(10)11(2,3)4/h6,8,12H,5,7H2,1-4H3. The zero-order valence-corrected chi connectivity index (χ0v) is 9.46. The molecule has 3 nitrogen and oxygen atoms in total. The molecule has 1 atom stereocenters. The van der Waals surface area contributed by atoms with Crippen LogP contribution in [0.1, 0.15) is 44.9 Å². The van der Waals surface area contributed by atoms with Crippen molar-refractivity contribution in [1.29, 1.82) is 0 Å². The fraction of sp³-hybridized carbons (Fsp3) is 0.727. The summed E-state index contributed by atoms with van der Waals surface area (Å²) in [6.07, 6.45) is 2.03. The molecule has 0 fully saturated rings. The monoisotopic (exact) mass is 193 g/mol. The first-order valence-electron chi connectivity index (χ1n) is 5.28. The van der Waals surface area contributed by atoms with Crippen LogP contribution in [0.15, 0.2) is 6.20 Å². The van der Waals surface area contributed by atoms with Gasteiger partial charge in [-0.3, -0.25) is 4.68 Å². The summed E-state index contributed by atoms with van der Waals surface area (Å²) in [5.74, 6) is 0.592. The van der Waals surface area contributed by atoms with E-state index in [9.17, 15) is 0 Å². The van der Waals surface area contributed by atoms with E-state index in [0.717, 1.165) is 13.1 Å². The van der Waals surface area contributed by atoms with Crippen LogP contribution in [0.5, 0.6) is 0 Å². The number of nitrogens with one attached hydrogen (secondary N) is 1. The van der Waals surface area contributed by atoms with E-state index in [-0.39, 0.29) is 5.54 Å². The first-order chi connectivity index (χ1) is 6.50. The van der Waals surface area contributed by atoms with Gasteiger partial charge in [-0.05, 0) is 32.3 Å². The predicted molar refractivity (Wildman–Crippen MR) is 57.3 cm³/mol. The minimum Gasteiger partial charge on any atom is -0.311 e. The van der Waals surface area contributed by atoms with E-state index in [1.165, 1.54) is 11.3 Å². The van der Waals surface area contributed by atoms with Gasteiger partial charge in [-0.2, -0.15) is 5.10 Å². The molecule has 1 aliphatic heterocycles. The third-order valence-corrected chi connectivity index (χ3v) is 2.81. The summed E-state index contributed by atoms with van der Waals surface area (Å²) >= 11 is 0. The largest absolute Gasteiger partial charge is 0.311 e. The van der Waals surface area contributed by atoms with Crippen LogP contribution in [0, 0.1) is 0 Å². The van der Waals surface area contributed by atoms with Crippen LogP contribution in [0.25, 0.3) is 0 Å². The minimum atomic E-state index is 0.0896. The maximum atomic E-state index is 4.50. The van der Waals surface area contributed by atoms with Gasteiger partial charge in [0, 0.05) is 13.1 Å². The second-order valence-corrected chi connectivity index (χ2v) is 5.16. The average Bonchev–Trinajstić information content (AvgIpc) is 2.47. The van der Waals surface area contributed by atoms with Crippen LogP contribution in [0.2, 0.25) is 0 Å². The minimum absolute atomic E-state index is 0.0896. The molecule has 2 rings (SSSR count). The van der Waals surface area contributed by atoms with Crippen molar-refractivity contribution in [2.24, 2.45) is 0 Å². The van der Waals surface area contributed by atoms with Gasteiger partial charge in [-0.1, -0.05) is 6.92 Å². The number of hydrogen-bond acceptors (Lipinski definition) is 2. The number of fused-ring (bicyclic) bond motifs is 1. The molecule has 0 bridgehead atoms. The first kappa shape index (κ1) is 9.71. The van der Waals surface area contributed by atoms with E-state index in [4.69, 9.17) is 0 Å². The van der Waals surface area contributed by atoms with Crippen molar-refractivity contribution in [1.82, 2.24) is 15.1 Å². The van der Waals surface area contributed by atoms with Gasteiger partial charge in [0.25, 0.3) is 0 Å². The molecule has 0 radical (unpaired) electrons. The molecule has 1 aromatic rings. The topological polar surface area (TPSA) is 29.9 Å². The van der Waals surface area contributed by atoms with Crippen molar-refractivity contribution in [2.75, 3.05) is 6.54 Å². The third kappa shape index (κ3) is 1.46. The molecule has 2 heterocycles. The Kier molecular flexibility index (Phi) is 2.14. The molecule has 78 valence electrons. The summed E-state index contributed by atoms with van der Waals surface area (Å²) in [7, 11) is 0. The van der Waals surface area contributed by atoms with E-state index in [0.29, 0.717) is 5.92 Å². The van der Waals surface area contributed by atoms with Gasteiger partial charge in [-0.25, -0.2) is 0 Å². The van der Waals surface area contributed by atoms with Gasteiger partial charge in [0.15, 0.2) is 0 Å². The van der Waals surface area contributed by atoms with E-state index in [1.54, 1.807) is 0 Å². The highest BCUT2D eigenvalue weighted by molar-refractivity contribution is 5.25. The lowest BCUT2D eigenvalue weighted by Gasteiger charge is -2.26. The highest BCUT2D eigenvalue weighted by Crippen LogP contribution is 2.26. The summed E-state index contributed by atoms with van der Waals surface area (Å²) in [6.45, 7) is 10.9. The fourth-order valence-corrected chi connectivity index (χ4v) is 2.07. The van der Waals surface area contributed by atoms with Crippen molar-refractivity contribution < 1.29 is 0 Å². The molecule has 0 aliphatic carbocycles. The van der Waals surface area contributed by atoms with Gasteiger partial charge in [0.05, 0.1) is 17.4 Å². The van der Waals surface area contributed by atoms with E-state index < -0.39 is 0 Å². The summed E-state index contributed by atoms with van der Waals surface area (Å²) < 4.78 is 2.14. The normalized spacial score (nSPS) is 22.1. The third-order valence-electron chi connectivity index (χ3n) is 2.81. The average molecular weight is 193 g/mol. The SMILES string of the molecule is CC1CNCc2c1cnn2C(C)(C)C.